The van der Waals surface area contributed by atoms with Crippen molar-refractivity contribution >= 4 is 11.9 Å². The molecule has 0 atom stereocenters. The van der Waals surface area contributed by atoms with Crippen LogP contribution in [0, 0.1) is 0 Å². The number of hydrogen-bond donors (Lipinski definition) is 2. The highest BCUT2D eigenvalue weighted by Gasteiger charge is 2.18. The first kappa shape index (κ1) is 23.0. The predicted octanol–water partition coefficient (Wildman–Crippen LogP) is 0.0346. The fourth-order valence-electron chi connectivity index (χ4n) is 1.93. The second-order valence-electron chi connectivity index (χ2n) is 5.10. The first-order valence-electron chi connectivity index (χ1n) is 8.59. The molecule has 0 unspecified atom stereocenters. The van der Waals surface area contributed by atoms with Crippen molar-refractivity contribution in [3.8, 4) is 0 Å². The van der Waals surface area contributed by atoms with Crippen molar-refractivity contribution in [1.82, 2.24) is 0 Å². The Bertz CT molecular complexity index is 547. The van der Waals surface area contributed by atoms with Crippen molar-refractivity contribution in [2.24, 2.45) is 0 Å². The normalized spacial score (nSPS) is 10.6. The van der Waals surface area contributed by atoms with Crippen LogP contribution in [0.25, 0.3) is 0 Å². The van der Waals surface area contributed by atoms with Crippen LogP contribution < -0.4 is 0 Å². The van der Waals surface area contributed by atoms with Crippen LogP contribution in [-0.2, 0) is 23.7 Å². The van der Waals surface area contributed by atoms with Crippen LogP contribution in [0.5, 0.6) is 0 Å². The van der Waals surface area contributed by atoms with E-state index in [1.54, 1.807) is 12.1 Å². The standard InChI is InChI=1S/C18H26O9/c19-5-7-23-9-10-25-12-14-27-18(22)16-4-2-1-3-15(16)17(21)26-13-11-24-8-6-20/h1-4,19-20H,5-14H2. The molecule has 1 aromatic rings. The molecule has 0 saturated heterocycles. The zero-order chi connectivity index (χ0) is 19.7. The van der Waals surface area contributed by atoms with Crippen LogP contribution in [-0.4, -0.2) is 88.2 Å². The fraction of sp³-hybridized carbons (Fsp3) is 0.556. The summed E-state index contributed by atoms with van der Waals surface area (Å²) in [7, 11) is 0. The molecule has 0 aliphatic heterocycles. The number of hydrogen-bond acceptors (Lipinski definition) is 9. The number of ether oxygens (including phenoxy) is 5. The lowest BCUT2D eigenvalue weighted by atomic mass is 10.1. The summed E-state index contributed by atoms with van der Waals surface area (Å²) in [6.07, 6.45) is 0. The van der Waals surface area contributed by atoms with Crippen molar-refractivity contribution in [2.75, 3.05) is 66.1 Å². The van der Waals surface area contributed by atoms with Crippen LogP contribution in [0.2, 0.25) is 0 Å². The molecule has 2 N–H and O–H groups in total. The summed E-state index contributed by atoms with van der Waals surface area (Å²) < 4.78 is 25.4. The summed E-state index contributed by atoms with van der Waals surface area (Å²) in [6, 6.07) is 6.19. The van der Waals surface area contributed by atoms with Gasteiger partial charge in [0, 0.05) is 0 Å². The van der Waals surface area contributed by atoms with Gasteiger partial charge in [-0.05, 0) is 12.1 Å². The van der Waals surface area contributed by atoms with E-state index < -0.39 is 11.9 Å². The fourth-order valence-corrected chi connectivity index (χ4v) is 1.93. The van der Waals surface area contributed by atoms with Gasteiger partial charge in [-0.1, -0.05) is 12.1 Å². The monoisotopic (exact) mass is 386 g/mol. The van der Waals surface area contributed by atoms with Gasteiger partial charge in [0.15, 0.2) is 0 Å². The maximum absolute atomic E-state index is 12.2. The number of carbonyl (C=O) groups excluding carboxylic acids is 2. The summed E-state index contributed by atoms with van der Waals surface area (Å²) in [6.45, 7) is 1.28. The zero-order valence-electron chi connectivity index (χ0n) is 15.1. The van der Waals surface area contributed by atoms with Gasteiger partial charge in [0.25, 0.3) is 0 Å². The number of rotatable bonds is 15. The Hall–Kier alpha value is -2.04. The van der Waals surface area contributed by atoms with Gasteiger partial charge >= 0.3 is 11.9 Å². The van der Waals surface area contributed by atoms with Crippen LogP contribution in [0.15, 0.2) is 24.3 Å². The summed E-state index contributed by atoms with van der Waals surface area (Å²) in [5.74, 6) is -1.31. The average molecular weight is 386 g/mol. The van der Waals surface area contributed by atoms with Crippen molar-refractivity contribution in [3.05, 3.63) is 35.4 Å². The highest BCUT2D eigenvalue weighted by Crippen LogP contribution is 2.12. The number of esters is 2. The quantitative estimate of drug-likeness (QED) is 0.318. The predicted molar refractivity (Wildman–Crippen MR) is 93.6 cm³/mol. The lowest BCUT2D eigenvalue weighted by molar-refractivity contribution is 0.00885. The van der Waals surface area contributed by atoms with Crippen LogP contribution in [0.4, 0.5) is 0 Å². The lowest BCUT2D eigenvalue weighted by Crippen LogP contribution is -2.18. The highest BCUT2D eigenvalue weighted by molar-refractivity contribution is 6.03. The Labute approximate surface area is 157 Å². The Morgan fingerprint density at radius 3 is 1.41 bits per heavy atom. The number of benzene rings is 1. The molecular weight excluding hydrogens is 360 g/mol. The zero-order valence-corrected chi connectivity index (χ0v) is 15.1. The smallest absolute Gasteiger partial charge is 0.339 e. The van der Waals surface area contributed by atoms with E-state index in [0.717, 1.165) is 0 Å². The molecule has 0 bridgehead atoms. The molecule has 0 radical (unpaired) electrons. The third-order valence-electron chi connectivity index (χ3n) is 3.13. The van der Waals surface area contributed by atoms with Crippen molar-refractivity contribution in [1.29, 1.82) is 0 Å². The summed E-state index contributed by atoms with van der Waals surface area (Å²) in [5, 5.41) is 17.1. The number of aliphatic hydroxyl groups excluding tert-OH is 2. The van der Waals surface area contributed by atoms with Gasteiger partial charge in [-0.2, -0.15) is 0 Å². The number of aliphatic hydroxyl groups is 2. The maximum Gasteiger partial charge on any atom is 0.339 e. The molecule has 0 aliphatic carbocycles. The van der Waals surface area contributed by atoms with Crippen LogP contribution >= 0.6 is 0 Å². The van der Waals surface area contributed by atoms with E-state index in [2.05, 4.69) is 0 Å². The van der Waals surface area contributed by atoms with Gasteiger partial charge < -0.3 is 33.9 Å². The summed E-state index contributed by atoms with van der Waals surface area (Å²) in [5.41, 5.74) is 0.202. The number of carbonyl (C=O) groups is 2. The Kier molecular flexibility index (Phi) is 12.8. The minimum absolute atomic E-state index is 0.00834. The van der Waals surface area contributed by atoms with Gasteiger partial charge in [0.1, 0.15) is 13.2 Å². The Morgan fingerprint density at radius 2 is 1.00 bits per heavy atom. The van der Waals surface area contributed by atoms with Crippen LogP contribution in [0.1, 0.15) is 20.7 Å². The molecule has 1 rings (SSSR count). The summed E-state index contributed by atoms with van der Waals surface area (Å²) >= 11 is 0. The highest BCUT2D eigenvalue weighted by atomic mass is 16.6. The van der Waals surface area contributed by atoms with Gasteiger partial charge in [-0.3, -0.25) is 0 Å². The SMILES string of the molecule is O=C(OCCOCCO)c1ccccc1C(=O)OCCOCCOCCO. The summed E-state index contributed by atoms with van der Waals surface area (Å²) in [4.78, 5) is 24.3. The molecule has 9 heteroatoms. The Balaban J connectivity index is 2.36. The van der Waals surface area contributed by atoms with Gasteiger partial charge in [-0.15, -0.1) is 0 Å². The van der Waals surface area contributed by atoms with E-state index in [-0.39, 0.29) is 64.0 Å². The van der Waals surface area contributed by atoms with Crippen molar-refractivity contribution in [3.63, 3.8) is 0 Å². The molecule has 0 aromatic heterocycles. The maximum atomic E-state index is 12.2. The van der Waals surface area contributed by atoms with E-state index in [0.29, 0.717) is 13.2 Å². The van der Waals surface area contributed by atoms with E-state index in [9.17, 15) is 9.59 Å². The molecule has 27 heavy (non-hydrogen) atoms. The molecule has 0 fully saturated rings. The van der Waals surface area contributed by atoms with E-state index in [1.165, 1.54) is 12.1 Å². The van der Waals surface area contributed by atoms with E-state index >= 15 is 0 Å². The topological polar surface area (TPSA) is 121 Å². The molecule has 9 nitrogen and oxygen atoms in total. The molecule has 0 heterocycles. The van der Waals surface area contributed by atoms with Crippen molar-refractivity contribution in [2.45, 2.75) is 0 Å². The molecule has 0 saturated carbocycles. The molecule has 152 valence electrons. The van der Waals surface area contributed by atoms with Gasteiger partial charge in [0.2, 0.25) is 0 Å². The molecule has 1 aromatic carbocycles. The van der Waals surface area contributed by atoms with Crippen molar-refractivity contribution < 1.29 is 43.5 Å². The van der Waals surface area contributed by atoms with E-state index in [1.807, 2.05) is 0 Å². The second-order valence-corrected chi connectivity index (χ2v) is 5.10. The van der Waals surface area contributed by atoms with E-state index in [4.69, 9.17) is 33.9 Å². The molecule has 0 amide bonds. The molecule has 0 spiro atoms. The average Bonchev–Trinajstić information content (AvgIpc) is 2.69. The first-order valence-corrected chi connectivity index (χ1v) is 8.59. The largest absolute Gasteiger partial charge is 0.460 e. The second kappa shape index (κ2) is 15.1. The van der Waals surface area contributed by atoms with Crippen LogP contribution in [0.3, 0.4) is 0 Å². The molecular formula is C18H26O9. The minimum atomic E-state index is -0.660. The first-order chi connectivity index (χ1) is 13.2. The van der Waals surface area contributed by atoms with Gasteiger partial charge in [-0.25, -0.2) is 9.59 Å². The molecule has 0 aliphatic rings. The Morgan fingerprint density at radius 1 is 0.630 bits per heavy atom. The lowest BCUT2D eigenvalue weighted by Gasteiger charge is -2.10. The third kappa shape index (κ3) is 10.0. The third-order valence-corrected chi connectivity index (χ3v) is 3.13. The van der Waals surface area contributed by atoms with Gasteiger partial charge in [0.05, 0.1) is 64.0 Å². The minimum Gasteiger partial charge on any atom is -0.460 e.